The smallest absolute Gasteiger partial charge is 0.164 e. The standard InChI is InChI=1S/C11H13N5/c1-7-3-4-9(10(12)13)11(14-7)16-6-5-8(2)15-16/h3-6H,1-2H3,(H3,12,13). The lowest BCUT2D eigenvalue weighted by atomic mass is 10.2. The van der Waals surface area contributed by atoms with E-state index in [-0.39, 0.29) is 5.84 Å². The van der Waals surface area contributed by atoms with Crippen LogP contribution in [0.5, 0.6) is 0 Å². The molecule has 5 heteroatoms. The highest BCUT2D eigenvalue weighted by atomic mass is 15.3. The fraction of sp³-hybridized carbons (Fsp3) is 0.182. The Bertz CT molecular complexity index is 541. The summed E-state index contributed by atoms with van der Waals surface area (Å²) in [6.45, 7) is 3.80. The Morgan fingerprint density at radius 3 is 2.56 bits per heavy atom. The van der Waals surface area contributed by atoms with Gasteiger partial charge < -0.3 is 5.73 Å². The molecule has 0 saturated heterocycles. The molecule has 0 spiro atoms. The summed E-state index contributed by atoms with van der Waals surface area (Å²) in [4.78, 5) is 4.36. The minimum absolute atomic E-state index is 0.00402. The van der Waals surface area contributed by atoms with Gasteiger partial charge in [-0.15, -0.1) is 0 Å². The fourth-order valence-corrected chi connectivity index (χ4v) is 1.46. The molecule has 0 bridgehead atoms. The van der Waals surface area contributed by atoms with Crippen LogP contribution < -0.4 is 5.73 Å². The topological polar surface area (TPSA) is 80.6 Å². The lowest BCUT2D eigenvalue weighted by Gasteiger charge is -2.07. The van der Waals surface area contributed by atoms with Crippen LogP contribution >= 0.6 is 0 Å². The average molecular weight is 215 g/mol. The first-order chi connectivity index (χ1) is 7.58. The number of nitrogens with zero attached hydrogens (tertiary/aromatic N) is 3. The van der Waals surface area contributed by atoms with Crippen molar-refractivity contribution in [3.63, 3.8) is 0 Å². The number of nitrogens with two attached hydrogens (primary N) is 1. The molecule has 2 rings (SSSR count). The molecule has 0 aromatic carbocycles. The number of aromatic nitrogens is 3. The lowest BCUT2D eigenvalue weighted by molar-refractivity contribution is 0.824. The number of aryl methyl sites for hydroxylation is 2. The Hall–Kier alpha value is -2.17. The molecule has 0 amide bonds. The van der Waals surface area contributed by atoms with Crippen molar-refractivity contribution in [3.8, 4) is 5.82 Å². The second-order valence-corrected chi connectivity index (χ2v) is 3.64. The van der Waals surface area contributed by atoms with Gasteiger partial charge in [-0.25, -0.2) is 9.67 Å². The van der Waals surface area contributed by atoms with Gasteiger partial charge in [0.2, 0.25) is 0 Å². The molecular weight excluding hydrogens is 202 g/mol. The molecule has 0 radical (unpaired) electrons. The van der Waals surface area contributed by atoms with Crippen LogP contribution in [0.2, 0.25) is 0 Å². The third kappa shape index (κ3) is 1.79. The highest BCUT2D eigenvalue weighted by Gasteiger charge is 2.09. The molecule has 5 nitrogen and oxygen atoms in total. The van der Waals surface area contributed by atoms with Crippen molar-refractivity contribution in [2.45, 2.75) is 13.8 Å². The molecule has 0 fully saturated rings. The molecule has 2 heterocycles. The molecule has 0 aliphatic heterocycles. The Balaban J connectivity index is 2.62. The van der Waals surface area contributed by atoms with Crippen LogP contribution in [0.1, 0.15) is 17.0 Å². The normalized spacial score (nSPS) is 10.4. The van der Waals surface area contributed by atoms with E-state index in [1.807, 2.05) is 32.2 Å². The SMILES string of the molecule is Cc1ccc(C(=N)N)c(-n2ccc(C)n2)n1. The number of rotatable bonds is 2. The van der Waals surface area contributed by atoms with Crippen molar-refractivity contribution in [2.75, 3.05) is 0 Å². The molecule has 16 heavy (non-hydrogen) atoms. The monoisotopic (exact) mass is 215 g/mol. The van der Waals surface area contributed by atoms with Gasteiger partial charge in [-0.3, -0.25) is 5.41 Å². The van der Waals surface area contributed by atoms with E-state index in [0.29, 0.717) is 11.4 Å². The number of hydrogen-bond donors (Lipinski definition) is 2. The van der Waals surface area contributed by atoms with E-state index in [2.05, 4.69) is 10.1 Å². The van der Waals surface area contributed by atoms with E-state index in [1.54, 1.807) is 10.7 Å². The average Bonchev–Trinajstić information content (AvgIpc) is 2.64. The predicted octanol–water partition coefficient (Wildman–Crippen LogP) is 1.17. The minimum atomic E-state index is -0.00402. The van der Waals surface area contributed by atoms with Crippen molar-refractivity contribution < 1.29 is 0 Å². The van der Waals surface area contributed by atoms with Gasteiger partial charge in [0.15, 0.2) is 5.82 Å². The molecule has 2 aromatic heterocycles. The van der Waals surface area contributed by atoms with E-state index >= 15 is 0 Å². The van der Waals surface area contributed by atoms with Crippen LogP contribution in [0.15, 0.2) is 24.4 Å². The summed E-state index contributed by atoms with van der Waals surface area (Å²) in [5.74, 6) is 0.594. The molecule has 0 saturated carbocycles. The van der Waals surface area contributed by atoms with Gasteiger partial charge in [0.05, 0.1) is 11.3 Å². The Morgan fingerprint density at radius 2 is 2.00 bits per heavy atom. The van der Waals surface area contributed by atoms with E-state index in [0.717, 1.165) is 11.4 Å². The summed E-state index contributed by atoms with van der Waals surface area (Å²) in [5, 5.41) is 11.8. The summed E-state index contributed by atoms with van der Waals surface area (Å²) < 4.78 is 1.64. The summed E-state index contributed by atoms with van der Waals surface area (Å²) in [7, 11) is 0. The summed E-state index contributed by atoms with van der Waals surface area (Å²) in [6.07, 6.45) is 1.81. The van der Waals surface area contributed by atoms with Gasteiger partial charge in [-0.2, -0.15) is 5.10 Å². The van der Waals surface area contributed by atoms with Gasteiger partial charge >= 0.3 is 0 Å². The maximum atomic E-state index is 7.50. The maximum Gasteiger partial charge on any atom is 0.164 e. The van der Waals surface area contributed by atoms with E-state index < -0.39 is 0 Å². The van der Waals surface area contributed by atoms with Crippen molar-refractivity contribution in [1.29, 1.82) is 5.41 Å². The van der Waals surface area contributed by atoms with Crippen LogP contribution in [-0.2, 0) is 0 Å². The Morgan fingerprint density at radius 1 is 1.25 bits per heavy atom. The molecule has 82 valence electrons. The number of hydrogen-bond acceptors (Lipinski definition) is 3. The lowest BCUT2D eigenvalue weighted by Crippen LogP contribution is -2.16. The van der Waals surface area contributed by atoms with Crippen molar-refractivity contribution in [1.82, 2.24) is 14.8 Å². The largest absolute Gasteiger partial charge is 0.384 e. The second-order valence-electron chi connectivity index (χ2n) is 3.64. The van der Waals surface area contributed by atoms with Crippen molar-refractivity contribution in [3.05, 3.63) is 41.3 Å². The Kier molecular flexibility index (Phi) is 2.44. The van der Waals surface area contributed by atoms with Gasteiger partial charge in [0.1, 0.15) is 5.84 Å². The van der Waals surface area contributed by atoms with Gasteiger partial charge in [-0.1, -0.05) is 0 Å². The number of nitrogen functional groups attached to an aromatic ring is 1. The Labute approximate surface area is 93.4 Å². The molecule has 0 aliphatic carbocycles. The molecule has 0 atom stereocenters. The third-order valence-corrected chi connectivity index (χ3v) is 2.24. The van der Waals surface area contributed by atoms with Gasteiger partial charge in [-0.05, 0) is 32.0 Å². The van der Waals surface area contributed by atoms with Crippen LogP contribution in [0.25, 0.3) is 5.82 Å². The molecular formula is C11H13N5. The van der Waals surface area contributed by atoms with Gasteiger partial charge in [0, 0.05) is 11.9 Å². The van der Waals surface area contributed by atoms with Crippen molar-refractivity contribution >= 4 is 5.84 Å². The second kappa shape index (κ2) is 3.77. The summed E-state index contributed by atoms with van der Waals surface area (Å²) in [6, 6.07) is 5.50. The minimum Gasteiger partial charge on any atom is -0.384 e. The molecule has 0 unspecified atom stereocenters. The van der Waals surface area contributed by atoms with Crippen LogP contribution in [-0.4, -0.2) is 20.6 Å². The first-order valence-corrected chi connectivity index (χ1v) is 4.92. The first-order valence-electron chi connectivity index (χ1n) is 4.92. The first kappa shape index (κ1) is 10.4. The predicted molar refractivity (Wildman–Crippen MR) is 61.8 cm³/mol. The van der Waals surface area contributed by atoms with E-state index in [9.17, 15) is 0 Å². The third-order valence-electron chi connectivity index (χ3n) is 2.24. The van der Waals surface area contributed by atoms with Gasteiger partial charge in [0.25, 0.3) is 0 Å². The molecule has 3 N–H and O–H groups in total. The highest BCUT2D eigenvalue weighted by molar-refractivity contribution is 5.97. The summed E-state index contributed by atoms with van der Waals surface area (Å²) in [5.41, 5.74) is 7.87. The fourth-order valence-electron chi connectivity index (χ4n) is 1.46. The van der Waals surface area contributed by atoms with E-state index in [1.165, 1.54) is 0 Å². The highest BCUT2D eigenvalue weighted by Crippen LogP contribution is 2.12. The maximum absolute atomic E-state index is 7.50. The zero-order chi connectivity index (χ0) is 11.7. The van der Waals surface area contributed by atoms with Crippen LogP contribution in [0, 0.1) is 19.3 Å². The van der Waals surface area contributed by atoms with Crippen LogP contribution in [0.3, 0.4) is 0 Å². The molecule has 0 aliphatic rings. The number of pyridine rings is 1. The molecule has 2 aromatic rings. The number of nitrogens with one attached hydrogen (secondary N) is 1. The summed E-state index contributed by atoms with van der Waals surface area (Å²) >= 11 is 0. The van der Waals surface area contributed by atoms with E-state index in [4.69, 9.17) is 11.1 Å². The zero-order valence-electron chi connectivity index (χ0n) is 9.23. The van der Waals surface area contributed by atoms with Crippen molar-refractivity contribution in [2.24, 2.45) is 5.73 Å². The van der Waals surface area contributed by atoms with Crippen LogP contribution in [0.4, 0.5) is 0 Å². The zero-order valence-corrected chi connectivity index (χ0v) is 9.23. The number of amidine groups is 1. The quantitative estimate of drug-likeness (QED) is 0.582.